The molecule has 1 atom stereocenters. The molecule has 1 rings (SSSR count). The first-order chi connectivity index (χ1) is 6.46. The second-order valence-corrected chi connectivity index (χ2v) is 5.00. The van der Waals surface area contributed by atoms with E-state index in [2.05, 4.69) is 0 Å². The van der Waals surface area contributed by atoms with Gasteiger partial charge in [0, 0.05) is 19.1 Å². The third-order valence-corrected chi connectivity index (χ3v) is 2.64. The van der Waals surface area contributed by atoms with Crippen molar-refractivity contribution in [3.8, 4) is 0 Å². The van der Waals surface area contributed by atoms with Gasteiger partial charge < -0.3 is 9.64 Å². The second kappa shape index (κ2) is 4.30. The Kier molecular flexibility index (Phi) is 3.53. The highest BCUT2D eigenvalue weighted by Crippen LogP contribution is 2.25. The Hall–Kier alpha value is -0.570. The lowest BCUT2D eigenvalue weighted by Crippen LogP contribution is -2.44. The van der Waals surface area contributed by atoms with Gasteiger partial charge in [0.1, 0.15) is 0 Å². The summed E-state index contributed by atoms with van der Waals surface area (Å²) in [4.78, 5) is 14.0. The Morgan fingerprint density at radius 2 is 2.14 bits per heavy atom. The zero-order valence-electron chi connectivity index (χ0n) is 9.67. The van der Waals surface area contributed by atoms with Crippen LogP contribution in [0.5, 0.6) is 0 Å². The van der Waals surface area contributed by atoms with Crippen molar-refractivity contribution in [2.45, 2.75) is 39.7 Å². The second-order valence-electron chi connectivity index (χ2n) is 5.00. The van der Waals surface area contributed by atoms with E-state index in [1.165, 1.54) is 0 Å². The van der Waals surface area contributed by atoms with Crippen LogP contribution < -0.4 is 0 Å². The van der Waals surface area contributed by atoms with Gasteiger partial charge in [-0.25, -0.2) is 0 Å². The largest absolute Gasteiger partial charge is 0.383 e. The fourth-order valence-electron chi connectivity index (χ4n) is 1.90. The van der Waals surface area contributed by atoms with Gasteiger partial charge >= 0.3 is 0 Å². The van der Waals surface area contributed by atoms with Crippen molar-refractivity contribution in [1.29, 1.82) is 0 Å². The highest BCUT2D eigenvalue weighted by Gasteiger charge is 2.34. The van der Waals surface area contributed by atoms with Crippen LogP contribution >= 0.6 is 0 Å². The van der Waals surface area contributed by atoms with E-state index in [9.17, 15) is 4.79 Å². The van der Waals surface area contributed by atoms with E-state index in [1.54, 1.807) is 7.11 Å². The van der Waals surface area contributed by atoms with Gasteiger partial charge in [-0.1, -0.05) is 20.8 Å². The maximum absolute atomic E-state index is 12.0. The minimum atomic E-state index is -0.268. The highest BCUT2D eigenvalue weighted by molar-refractivity contribution is 5.82. The van der Waals surface area contributed by atoms with Gasteiger partial charge in [0.15, 0.2) is 0 Å². The zero-order chi connectivity index (χ0) is 10.8. The first-order valence-electron chi connectivity index (χ1n) is 5.27. The molecule has 0 bridgehead atoms. The predicted octanol–water partition coefficient (Wildman–Crippen LogP) is 1.67. The van der Waals surface area contributed by atoms with Crippen LogP contribution in [0, 0.1) is 5.41 Å². The lowest BCUT2D eigenvalue weighted by Gasteiger charge is -2.30. The first kappa shape index (κ1) is 11.5. The van der Waals surface area contributed by atoms with Gasteiger partial charge in [0.05, 0.1) is 12.6 Å². The van der Waals surface area contributed by atoms with E-state index in [1.807, 2.05) is 25.7 Å². The molecule has 82 valence electrons. The van der Waals surface area contributed by atoms with Gasteiger partial charge in [-0.2, -0.15) is 0 Å². The number of amides is 1. The van der Waals surface area contributed by atoms with E-state index >= 15 is 0 Å². The molecule has 0 aromatic rings. The van der Waals surface area contributed by atoms with Crippen molar-refractivity contribution in [1.82, 2.24) is 4.90 Å². The fraction of sp³-hybridized carbons (Fsp3) is 0.909. The molecule has 0 spiro atoms. The highest BCUT2D eigenvalue weighted by atomic mass is 16.5. The van der Waals surface area contributed by atoms with Gasteiger partial charge in [-0.05, 0) is 12.8 Å². The smallest absolute Gasteiger partial charge is 0.228 e. The van der Waals surface area contributed by atoms with Gasteiger partial charge in [-0.15, -0.1) is 0 Å². The van der Waals surface area contributed by atoms with E-state index < -0.39 is 0 Å². The molecule has 1 saturated heterocycles. The standard InChI is InChI=1S/C11H21NO2/c1-11(2,3)10(13)12-7-5-6-9(12)8-14-4/h9H,5-8H2,1-4H3. The van der Waals surface area contributed by atoms with Crippen molar-refractivity contribution in [2.75, 3.05) is 20.3 Å². The van der Waals surface area contributed by atoms with Crippen LogP contribution in [-0.4, -0.2) is 37.1 Å². The lowest BCUT2D eigenvalue weighted by molar-refractivity contribution is -0.141. The van der Waals surface area contributed by atoms with Crippen molar-refractivity contribution < 1.29 is 9.53 Å². The molecule has 3 heteroatoms. The van der Waals surface area contributed by atoms with Crippen molar-refractivity contribution in [3.05, 3.63) is 0 Å². The molecule has 1 fully saturated rings. The Morgan fingerprint density at radius 3 is 2.64 bits per heavy atom. The number of carbonyl (C=O) groups excluding carboxylic acids is 1. The molecule has 14 heavy (non-hydrogen) atoms. The lowest BCUT2D eigenvalue weighted by atomic mass is 9.94. The van der Waals surface area contributed by atoms with E-state index in [0.717, 1.165) is 19.4 Å². The molecule has 0 aliphatic carbocycles. The summed E-state index contributed by atoms with van der Waals surface area (Å²) in [7, 11) is 1.69. The van der Waals surface area contributed by atoms with Crippen LogP contribution in [0.2, 0.25) is 0 Å². The fourth-order valence-corrected chi connectivity index (χ4v) is 1.90. The average Bonchev–Trinajstić information content (AvgIpc) is 2.50. The Labute approximate surface area is 86.4 Å². The Balaban J connectivity index is 2.62. The number of ether oxygens (including phenoxy) is 1. The summed E-state index contributed by atoms with van der Waals surface area (Å²) in [5, 5.41) is 0. The molecule has 0 aromatic heterocycles. The molecule has 1 heterocycles. The Morgan fingerprint density at radius 1 is 1.50 bits per heavy atom. The molecule has 0 aromatic carbocycles. The van der Waals surface area contributed by atoms with Gasteiger partial charge in [0.2, 0.25) is 5.91 Å². The third kappa shape index (κ3) is 2.47. The summed E-state index contributed by atoms with van der Waals surface area (Å²) in [6.07, 6.45) is 2.19. The molecular formula is C11H21NO2. The SMILES string of the molecule is COCC1CCCN1C(=O)C(C)(C)C. The third-order valence-electron chi connectivity index (χ3n) is 2.64. The molecule has 1 aliphatic rings. The van der Waals surface area contributed by atoms with Crippen LogP contribution in [0.4, 0.5) is 0 Å². The number of methoxy groups -OCH3 is 1. The minimum Gasteiger partial charge on any atom is -0.383 e. The van der Waals surface area contributed by atoms with E-state index in [-0.39, 0.29) is 11.3 Å². The van der Waals surface area contributed by atoms with Crippen LogP contribution in [0.15, 0.2) is 0 Å². The van der Waals surface area contributed by atoms with Crippen molar-refractivity contribution >= 4 is 5.91 Å². The van der Waals surface area contributed by atoms with Crippen LogP contribution in [0.1, 0.15) is 33.6 Å². The topological polar surface area (TPSA) is 29.5 Å². The summed E-state index contributed by atoms with van der Waals surface area (Å²) in [6.45, 7) is 7.47. The molecule has 0 radical (unpaired) electrons. The quantitative estimate of drug-likeness (QED) is 0.677. The normalized spacial score (nSPS) is 22.9. The number of hydrogen-bond donors (Lipinski definition) is 0. The number of nitrogens with zero attached hydrogens (tertiary/aromatic N) is 1. The molecule has 1 aliphatic heterocycles. The number of hydrogen-bond acceptors (Lipinski definition) is 2. The summed E-state index contributed by atoms with van der Waals surface area (Å²) in [6, 6.07) is 0.298. The van der Waals surface area contributed by atoms with Crippen LogP contribution in [0.3, 0.4) is 0 Å². The molecule has 0 N–H and O–H groups in total. The van der Waals surface area contributed by atoms with Crippen LogP contribution in [-0.2, 0) is 9.53 Å². The summed E-state index contributed by atoms with van der Waals surface area (Å²) >= 11 is 0. The maximum atomic E-state index is 12.0. The summed E-state index contributed by atoms with van der Waals surface area (Å²) < 4.78 is 5.12. The van der Waals surface area contributed by atoms with Gasteiger partial charge in [0.25, 0.3) is 0 Å². The molecule has 3 nitrogen and oxygen atoms in total. The maximum Gasteiger partial charge on any atom is 0.228 e. The molecule has 1 amide bonds. The summed E-state index contributed by atoms with van der Waals surface area (Å²) in [5.74, 6) is 0.247. The Bertz CT molecular complexity index is 208. The first-order valence-corrected chi connectivity index (χ1v) is 5.27. The zero-order valence-corrected chi connectivity index (χ0v) is 9.67. The summed E-state index contributed by atoms with van der Waals surface area (Å²) in [5.41, 5.74) is -0.268. The average molecular weight is 199 g/mol. The van der Waals surface area contributed by atoms with Crippen molar-refractivity contribution in [2.24, 2.45) is 5.41 Å². The number of rotatable bonds is 2. The molecule has 1 unspecified atom stereocenters. The van der Waals surface area contributed by atoms with E-state index in [4.69, 9.17) is 4.74 Å². The number of carbonyl (C=O) groups is 1. The molecule has 0 saturated carbocycles. The number of likely N-dealkylation sites (tertiary alicyclic amines) is 1. The minimum absolute atomic E-state index is 0.247. The van der Waals surface area contributed by atoms with E-state index in [0.29, 0.717) is 12.6 Å². The van der Waals surface area contributed by atoms with Crippen molar-refractivity contribution in [3.63, 3.8) is 0 Å². The monoisotopic (exact) mass is 199 g/mol. The predicted molar refractivity (Wildman–Crippen MR) is 56.1 cm³/mol. The molecular weight excluding hydrogens is 178 g/mol. The van der Waals surface area contributed by atoms with Gasteiger partial charge in [-0.3, -0.25) is 4.79 Å². The van der Waals surface area contributed by atoms with Crippen LogP contribution in [0.25, 0.3) is 0 Å².